The molecule has 0 saturated carbocycles. The second-order valence-electron chi connectivity index (χ2n) is 9.79. The smallest absolute Gasteiger partial charge is 0.354 e. The van der Waals surface area contributed by atoms with Crippen molar-refractivity contribution in [3.63, 3.8) is 0 Å². The van der Waals surface area contributed by atoms with Crippen molar-refractivity contribution < 1.29 is 14.2 Å². The van der Waals surface area contributed by atoms with E-state index in [-0.39, 0.29) is 30.4 Å². The van der Waals surface area contributed by atoms with Gasteiger partial charge < -0.3 is 32.0 Å². The SMILES string of the molecule is C[C@H](N)CCCc1cc(Cl)c(F)c(-c2cc3cn(-c4ccc(CN[C@@H](CO)OCN=C(N)N)cc4)c(=O)nc3[nH]2)c1. The van der Waals surface area contributed by atoms with Crippen LogP contribution in [0.4, 0.5) is 4.39 Å². The van der Waals surface area contributed by atoms with Gasteiger partial charge in [0.1, 0.15) is 18.6 Å². The highest BCUT2D eigenvalue weighted by Crippen LogP contribution is 2.31. The van der Waals surface area contributed by atoms with Crippen molar-refractivity contribution in [3.8, 4) is 16.9 Å². The van der Waals surface area contributed by atoms with Gasteiger partial charge in [-0.15, -0.1) is 0 Å². The van der Waals surface area contributed by atoms with Gasteiger partial charge in [0, 0.05) is 29.7 Å². The van der Waals surface area contributed by atoms with E-state index in [9.17, 15) is 9.90 Å². The number of nitrogens with two attached hydrogens (primary N) is 3. The standard InChI is InChI=1S/C28H34ClFN8O3/c1-16(31)3-2-4-18-9-21(25(30)22(29)10-18)23-11-19-13-38(28(40)37-26(19)36-23)20-7-5-17(6-8-20)12-34-24(14-39)41-15-35-27(32)33/h5-11,13,16,24,34,39H,2-4,12,14-15,31H2,1H3,(H4,32,33,35)(H,36,37,40)/t16-,24+/m0/s1. The highest BCUT2D eigenvalue weighted by Gasteiger charge is 2.16. The van der Waals surface area contributed by atoms with Gasteiger partial charge >= 0.3 is 5.69 Å². The van der Waals surface area contributed by atoms with E-state index in [1.54, 1.807) is 36.5 Å². The number of nitrogens with zero attached hydrogens (tertiary/aromatic N) is 3. The molecule has 2 aromatic heterocycles. The summed E-state index contributed by atoms with van der Waals surface area (Å²) >= 11 is 6.21. The molecule has 0 bridgehead atoms. The minimum Gasteiger partial charge on any atom is -0.392 e. The maximum Gasteiger partial charge on any atom is 0.354 e. The molecule has 4 rings (SSSR count). The third-order valence-electron chi connectivity index (χ3n) is 6.45. The summed E-state index contributed by atoms with van der Waals surface area (Å²) in [6.07, 6.45) is 3.42. The van der Waals surface area contributed by atoms with E-state index in [0.29, 0.717) is 34.5 Å². The molecule has 2 atom stereocenters. The molecule has 0 aliphatic carbocycles. The predicted molar refractivity (Wildman–Crippen MR) is 158 cm³/mol. The lowest BCUT2D eigenvalue weighted by atomic mass is 10.0. The number of aromatic amines is 1. The van der Waals surface area contributed by atoms with Crippen molar-refractivity contribution >= 4 is 28.6 Å². The van der Waals surface area contributed by atoms with Crippen LogP contribution in [0.25, 0.3) is 28.0 Å². The van der Waals surface area contributed by atoms with Crippen molar-refractivity contribution in [1.29, 1.82) is 0 Å². The van der Waals surface area contributed by atoms with Crippen LogP contribution in [0.1, 0.15) is 30.9 Å². The van der Waals surface area contributed by atoms with E-state index in [2.05, 4.69) is 20.3 Å². The lowest BCUT2D eigenvalue weighted by Crippen LogP contribution is -2.35. The number of aliphatic hydroxyl groups is 1. The molecule has 4 aromatic rings. The van der Waals surface area contributed by atoms with Crippen LogP contribution >= 0.6 is 11.6 Å². The Bertz CT molecular complexity index is 1570. The Balaban J connectivity index is 1.52. The topological polar surface area (TPSA) is 183 Å². The van der Waals surface area contributed by atoms with Gasteiger partial charge in [-0.3, -0.25) is 9.88 Å². The first-order chi connectivity index (χ1) is 19.6. The molecule has 2 heterocycles. The highest BCUT2D eigenvalue weighted by atomic mass is 35.5. The zero-order valence-electron chi connectivity index (χ0n) is 22.6. The maximum atomic E-state index is 15.0. The summed E-state index contributed by atoms with van der Waals surface area (Å²) in [7, 11) is 0. The van der Waals surface area contributed by atoms with Crippen LogP contribution in [-0.2, 0) is 17.7 Å². The van der Waals surface area contributed by atoms with Crippen molar-refractivity contribution in [3.05, 3.63) is 81.1 Å². The minimum absolute atomic E-state index is 0.0321. The van der Waals surface area contributed by atoms with Crippen LogP contribution in [0, 0.1) is 5.82 Å². The Morgan fingerprint density at radius 3 is 2.68 bits per heavy atom. The first kappa shape index (κ1) is 30.2. The molecular formula is C28H34ClFN8O3. The first-order valence-corrected chi connectivity index (χ1v) is 13.5. The van der Waals surface area contributed by atoms with Crippen LogP contribution in [0.5, 0.6) is 0 Å². The van der Waals surface area contributed by atoms with Gasteiger partial charge in [-0.1, -0.05) is 23.7 Å². The van der Waals surface area contributed by atoms with Crippen LogP contribution < -0.4 is 28.2 Å². The van der Waals surface area contributed by atoms with E-state index >= 15 is 4.39 Å². The molecule has 13 heteroatoms. The number of rotatable bonds is 13. The van der Waals surface area contributed by atoms with E-state index in [4.69, 9.17) is 33.5 Å². The van der Waals surface area contributed by atoms with Gasteiger partial charge in [0.05, 0.1) is 23.0 Å². The molecule has 41 heavy (non-hydrogen) atoms. The average molecular weight is 585 g/mol. The summed E-state index contributed by atoms with van der Waals surface area (Å²) in [6, 6.07) is 12.5. The third kappa shape index (κ3) is 7.90. The number of fused-ring (bicyclic) bond motifs is 1. The Labute approximate surface area is 241 Å². The van der Waals surface area contributed by atoms with E-state index in [0.717, 1.165) is 30.4 Å². The van der Waals surface area contributed by atoms with Crippen molar-refractivity contribution in [2.45, 2.75) is 45.0 Å². The first-order valence-electron chi connectivity index (χ1n) is 13.1. The number of aliphatic imine (C=N–C) groups is 1. The largest absolute Gasteiger partial charge is 0.392 e. The number of hydrogen-bond donors (Lipinski definition) is 6. The number of aliphatic hydroxyl groups excluding tert-OH is 1. The van der Waals surface area contributed by atoms with E-state index < -0.39 is 17.7 Å². The Morgan fingerprint density at radius 1 is 1.24 bits per heavy atom. The van der Waals surface area contributed by atoms with Crippen molar-refractivity contribution in [1.82, 2.24) is 19.9 Å². The molecule has 0 spiro atoms. The molecule has 0 fully saturated rings. The lowest BCUT2D eigenvalue weighted by molar-refractivity contribution is -0.00539. The summed E-state index contributed by atoms with van der Waals surface area (Å²) in [5.74, 6) is -0.649. The highest BCUT2D eigenvalue weighted by molar-refractivity contribution is 6.31. The fraction of sp³-hybridized carbons (Fsp3) is 0.321. The fourth-order valence-electron chi connectivity index (χ4n) is 4.32. The molecule has 0 radical (unpaired) electrons. The summed E-state index contributed by atoms with van der Waals surface area (Å²) < 4.78 is 21.8. The molecule has 11 nitrogen and oxygen atoms in total. The van der Waals surface area contributed by atoms with Gasteiger partial charge in [0.2, 0.25) is 0 Å². The number of hydrogen-bond acceptors (Lipinski definition) is 7. The molecular weight excluding hydrogens is 551 g/mol. The minimum atomic E-state index is -0.662. The average Bonchev–Trinajstić information content (AvgIpc) is 3.34. The lowest BCUT2D eigenvalue weighted by Gasteiger charge is -2.16. The number of guanidine groups is 1. The molecule has 218 valence electrons. The number of benzene rings is 2. The van der Waals surface area contributed by atoms with Gasteiger partial charge in [0.25, 0.3) is 0 Å². The van der Waals surface area contributed by atoms with E-state index in [1.165, 1.54) is 4.57 Å². The fourth-order valence-corrected chi connectivity index (χ4v) is 4.56. The third-order valence-corrected chi connectivity index (χ3v) is 6.72. The van der Waals surface area contributed by atoms with Gasteiger partial charge in [-0.05, 0) is 67.6 Å². The summed E-state index contributed by atoms with van der Waals surface area (Å²) in [4.78, 5) is 23.8. The Hall–Kier alpha value is -3.81. The number of ether oxygens (including phenoxy) is 1. The number of aromatic nitrogens is 3. The summed E-state index contributed by atoms with van der Waals surface area (Å²) in [6.45, 7) is 1.98. The second-order valence-corrected chi connectivity index (χ2v) is 10.2. The quantitative estimate of drug-likeness (QED) is 0.0786. The number of nitrogens with one attached hydrogen (secondary N) is 2. The van der Waals surface area contributed by atoms with Crippen LogP contribution in [-0.4, -0.2) is 51.2 Å². The Kier molecular flexibility index (Phi) is 10.1. The Morgan fingerprint density at radius 2 is 2.00 bits per heavy atom. The van der Waals surface area contributed by atoms with Gasteiger partial charge in [-0.25, -0.2) is 14.2 Å². The molecule has 0 amide bonds. The zero-order valence-corrected chi connectivity index (χ0v) is 23.4. The number of halogens is 2. The maximum absolute atomic E-state index is 15.0. The van der Waals surface area contributed by atoms with Gasteiger partial charge in [0.15, 0.2) is 11.8 Å². The molecule has 0 unspecified atom stereocenters. The van der Waals surface area contributed by atoms with Crippen molar-refractivity contribution in [2.75, 3.05) is 13.3 Å². The molecule has 0 aliphatic rings. The summed E-state index contributed by atoms with van der Waals surface area (Å²) in [5.41, 5.74) is 19.4. The molecule has 0 aliphatic heterocycles. The van der Waals surface area contributed by atoms with Crippen LogP contribution in [0.2, 0.25) is 5.02 Å². The predicted octanol–water partition coefficient (Wildman–Crippen LogP) is 2.50. The molecule has 2 aromatic carbocycles. The summed E-state index contributed by atoms with van der Waals surface area (Å²) in [5, 5.41) is 13.2. The zero-order chi connectivity index (χ0) is 29.5. The van der Waals surface area contributed by atoms with E-state index in [1.807, 2.05) is 19.1 Å². The van der Waals surface area contributed by atoms with Crippen LogP contribution in [0.3, 0.4) is 0 Å². The van der Waals surface area contributed by atoms with Crippen LogP contribution in [0.15, 0.2) is 58.4 Å². The number of aryl methyl sites for hydroxylation is 1. The molecule has 0 saturated heterocycles. The van der Waals surface area contributed by atoms with Gasteiger partial charge in [-0.2, -0.15) is 4.98 Å². The molecule has 9 N–H and O–H groups in total. The normalized spacial score (nSPS) is 12.9. The monoisotopic (exact) mass is 584 g/mol. The van der Waals surface area contributed by atoms with Crippen molar-refractivity contribution in [2.24, 2.45) is 22.2 Å². The number of H-pyrrole nitrogens is 1. The second kappa shape index (κ2) is 13.7.